The Bertz CT molecular complexity index is 894. The predicted octanol–water partition coefficient (Wildman–Crippen LogP) is 2.84. The molecule has 1 fully saturated rings. The summed E-state index contributed by atoms with van der Waals surface area (Å²) in [6, 6.07) is 11.6. The lowest BCUT2D eigenvalue weighted by Gasteiger charge is -2.31. The third-order valence-corrected chi connectivity index (χ3v) is 5.84. The van der Waals surface area contributed by atoms with E-state index in [0.717, 1.165) is 21.7 Å². The second-order valence-electron chi connectivity index (χ2n) is 6.79. The van der Waals surface area contributed by atoms with Crippen LogP contribution in [-0.2, 0) is 11.2 Å². The quantitative estimate of drug-likeness (QED) is 0.712. The van der Waals surface area contributed by atoms with Crippen LogP contribution in [0.25, 0.3) is 11.0 Å². The lowest BCUT2D eigenvalue weighted by molar-refractivity contribution is -0.126. The fraction of sp³-hybridized carbons (Fsp3) is 0.350. The first-order chi connectivity index (χ1) is 13.2. The Kier molecular flexibility index (Phi) is 5.20. The van der Waals surface area contributed by atoms with Crippen molar-refractivity contribution >= 4 is 34.2 Å². The van der Waals surface area contributed by atoms with Crippen LogP contribution in [0.2, 0.25) is 0 Å². The van der Waals surface area contributed by atoms with Gasteiger partial charge in [-0.05, 0) is 36.4 Å². The number of aromatic amines is 1. The first-order valence-electron chi connectivity index (χ1n) is 9.25. The van der Waals surface area contributed by atoms with Crippen molar-refractivity contribution in [2.75, 3.05) is 19.6 Å². The van der Waals surface area contributed by atoms with Crippen LogP contribution in [-0.4, -0.2) is 46.3 Å². The Morgan fingerprint density at radius 1 is 1.19 bits per heavy atom. The molecule has 2 N–H and O–H groups in total. The summed E-state index contributed by atoms with van der Waals surface area (Å²) in [5, 5.41) is 4.93. The van der Waals surface area contributed by atoms with Crippen LogP contribution in [0.5, 0.6) is 0 Å². The number of fused-ring (bicyclic) bond motifs is 1. The number of nitrogens with zero attached hydrogens (tertiary/aromatic N) is 2. The van der Waals surface area contributed by atoms with E-state index in [4.69, 9.17) is 0 Å². The van der Waals surface area contributed by atoms with Gasteiger partial charge in [0.2, 0.25) is 5.91 Å². The number of carbonyl (C=O) groups is 2. The van der Waals surface area contributed by atoms with E-state index < -0.39 is 0 Å². The summed E-state index contributed by atoms with van der Waals surface area (Å²) in [5.74, 6) is 1.02. The standard InChI is InChI=1S/C20H22N4O2S/c25-19(21-10-7-18-22-15-4-1-2-5-16(15)23-18)14-8-11-24(12-9-14)20(26)17-6-3-13-27-17/h1-6,13-14H,7-12H2,(H,21,25)(H,22,23). The molecule has 0 unspecified atom stereocenters. The molecule has 140 valence electrons. The van der Waals surface area contributed by atoms with Crippen molar-refractivity contribution in [2.45, 2.75) is 19.3 Å². The molecule has 0 saturated carbocycles. The van der Waals surface area contributed by atoms with E-state index in [2.05, 4.69) is 15.3 Å². The fourth-order valence-electron chi connectivity index (χ4n) is 3.47. The third-order valence-electron chi connectivity index (χ3n) is 4.98. The molecule has 1 aliphatic rings. The molecule has 1 aliphatic heterocycles. The minimum absolute atomic E-state index is 0.0203. The summed E-state index contributed by atoms with van der Waals surface area (Å²) in [5.41, 5.74) is 1.96. The zero-order valence-corrected chi connectivity index (χ0v) is 15.8. The smallest absolute Gasteiger partial charge is 0.263 e. The van der Waals surface area contributed by atoms with Crippen LogP contribution < -0.4 is 5.32 Å². The molecule has 6 nitrogen and oxygen atoms in total. The molecular weight excluding hydrogens is 360 g/mol. The van der Waals surface area contributed by atoms with E-state index in [0.29, 0.717) is 38.9 Å². The molecule has 1 aromatic carbocycles. The first-order valence-corrected chi connectivity index (χ1v) is 10.1. The largest absolute Gasteiger partial charge is 0.355 e. The van der Waals surface area contributed by atoms with Crippen molar-refractivity contribution in [3.8, 4) is 0 Å². The minimum atomic E-state index is -0.0203. The van der Waals surface area contributed by atoms with Gasteiger partial charge in [-0.3, -0.25) is 9.59 Å². The molecule has 2 amide bonds. The number of hydrogen-bond donors (Lipinski definition) is 2. The zero-order valence-electron chi connectivity index (χ0n) is 15.0. The molecule has 3 aromatic rings. The zero-order chi connectivity index (χ0) is 18.6. The number of rotatable bonds is 5. The summed E-state index contributed by atoms with van der Waals surface area (Å²) in [6.07, 6.45) is 2.11. The SMILES string of the molecule is O=C(NCCc1nc2ccccc2[nH]1)C1CCN(C(=O)c2cccs2)CC1. The van der Waals surface area contributed by atoms with Crippen molar-refractivity contribution < 1.29 is 9.59 Å². The Hall–Kier alpha value is -2.67. The second kappa shape index (κ2) is 7.92. The number of imidazole rings is 1. The molecule has 4 rings (SSSR count). The number of hydrogen-bond acceptors (Lipinski definition) is 4. The number of para-hydroxylation sites is 2. The second-order valence-corrected chi connectivity index (χ2v) is 7.73. The highest BCUT2D eigenvalue weighted by molar-refractivity contribution is 7.12. The van der Waals surface area contributed by atoms with E-state index in [9.17, 15) is 9.59 Å². The van der Waals surface area contributed by atoms with Crippen LogP contribution in [0.15, 0.2) is 41.8 Å². The Morgan fingerprint density at radius 2 is 2.00 bits per heavy atom. The number of nitrogens with one attached hydrogen (secondary N) is 2. The van der Waals surface area contributed by atoms with E-state index in [1.807, 2.05) is 46.7 Å². The number of H-pyrrole nitrogens is 1. The molecule has 0 spiro atoms. The molecule has 7 heteroatoms. The fourth-order valence-corrected chi connectivity index (χ4v) is 4.16. The van der Waals surface area contributed by atoms with Gasteiger partial charge in [-0.25, -0.2) is 4.98 Å². The van der Waals surface area contributed by atoms with Crippen molar-refractivity contribution in [1.82, 2.24) is 20.2 Å². The Morgan fingerprint density at radius 3 is 2.74 bits per heavy atom. The van der Waals surface area contributed by atoms with Gasteiger partial charge < -0.3 is 15.2 Å². The van der Waals surface area contributed by atoms with Crippen molar-refractivity contribution in [2.24, 2.45) is 5.92 Å². The molecule has 3 heterocycles. The van der Waals surface area contributed by atoms with Crippen LogP contribution in [0, 0.1) is 5.92 Å². The summed E-state index contributed by atoms with van der Waals surface area (Å²) >= 11 is 1.46. The van der Waals surface area contributed by atoms with Crippen LogP contribution in [0.1, 0.15) is 28.3 Å². The highest BCUT2D eigenvalue weighted by Gasteiger charge is 2.27. The van der Waals surface area contributed by atoms with E-state index in [1.165, 1.54) is 11.3 Å². The Balaban J connectivity index is 1.23. The first kappa shape index (κ1) is 17.7. The highest BCUT2D eigenvalue weighted by atomic mass is 32.1. The maximum atomic E-state index is 12.4. The number of likely N-dealkylation sites (tertiary alicyclic amines) is 1. The normalized spacial score (nSPS) is 15.2. The van der Waals surface area contributed by atoms with Gasteiger partial charge in [-0.2, -0.15) is 0 Å². The van der Waals surface area contributed by atoms with Gasteiger partial charge in [0.25, 0.3) is 5.91 Å². The average Bonchev–Trinajstić information content (AvgIpc) is 3.37. The van der Waals surface area contributed by atoms with Crippen LogP contribution >= 0.6 is 11.3 Å². The number of thiophene rings is 1. The lowest BCUT2D eigenvalue weighted by atomic mass is 9.95. The van der Waals surface area contributed by atoms with Gasteiger partial charge in [0.15, 0.2) is 0 Å². The molecule has 0 radical (unpaired) electrons. The number of aromatic nitrogens is 2. The van der Waals surface area contributed by atoms with Gasteiger partial charge in [0.1, 0.15) is 5.82 Å². The highest BCUT2D eigenvalue weighted by Crippen LogP contribution is 2.21. The maximum Gasteiger partial charge on any atom is 0.263 e. The summed E-state index contributed by atoms with van der Waals surface area (Å²) < 4.78 is 0. The van der Waals surface area contributed by atoms with Crippen molar-refractivity contribution in [1.29, 1.82) is 0 Å². The van der Waals surface area contributed by atoms with Crippen LogP contribution in [0.3, 0.4) is 0 Å². The van der Waals surface area contributed by atoms with Gasteiger partial charge in [0.05, 0.1) is 15.9 Å². The molecule has 0 bridgehead atoms. The third kappa shape index (κ3) is 4.03. The summed E-state index contributed by atoms with van der Waals surface area (Å²) in [6.45, 7) is 1.84. The lowest BCUT2D eigenvalue weighted by Crippen LogP contribution is -2.43. The number of benzene rings is 1. The maximum absolute atomic E-state index is 12.4. The van der Waals surface area contributed by atoms with E-state index in [-0.39, 0.29) is 17.7 Å². The van der Waals surface area contributed by atoms with Gasteiger partial charge in [-0.1, -0.05) is 18.2 Å². The minimum Gasteiger partial charge on any atom is -0.355 e. The number of amides is 2. The predicted molar refractivity (Wildman–Crippen MR) is 106 cm³/mol. The Labute approximate surface area is 161 Å². The van der Waals surface area contributed by atoms with Gasteiger partial charge in [-0.15, -0.1) is 11.3 Å². The van der Waals surface area contributed by atoms with Crippen molar-refractivity contribution in [3.63, 3.8) is 0 Å². The molecule has 1 saturated heterocycles. The van der Waals surface area contributed by atoms with Gasteiger partial charge >= 0.3 is 0 Å². The molecular formula is C20H22N4O2S. The number of carbonyl (C=O) groups excluding carboxylic acids is 2. The van der Waals surface area contributed by atoms with E-state index >= 15 is 0 Å². The topological polar surface area (TPSA) is 78.1 Å². The van der Waals surface area contributed by atoms with Crippen LogP contribution in [0.4, 0.5) is 0 Å². The van der Waals surface area contributed by atoms with Crippen molar-refractivity contribution in [3.05, 3.63) is 52.5 Å². The van der Waals surface area contributed by atoms with E-state index in [1.54, 1.807) is 0 Å². The summed E-state index contributed by atoms with van der Waals surface area (Å²) in [4.78, 5) is 35.2. The van der Waals surface area contributed by atoms with Gasteiger partial charge in [0, 0.05) is 32.0 Å². The average molecular weight is 382 g/mol. The molecule has 27 heavy (non-hydrogen) atoms. The molecule has 0 aliphatic carbocycles. The monoisotopic (exact) mass is 382 g/mol. The number of piperidine rings is 1. The summed E-state index contributed by atoms with van der Waals surface area (Å²) in [7, 11) is 0. The molecule has 0 atom stereocenters. The molecule has 2 aromatic heterocycles.